The lowest BCUT2D eigenvalue weighted by molar-refractivity contribution is 0.716. The van der Waals surface area contributed by atoms with E-state index in [-0.39, 0.29) is 0 Å². The minimum Gasteiger partial charge on any atom is -0.385 e. The van der Waals surface area contributed by atoms with E-state index in [0.29, 0.717) is 5.92 Å². The van der Waals surface area contributed by atoms with Gasteiger partial charge in [-0.3, -0.25) is 0 Å². The molecule has 2 heterocycles. The fraction of sp³-hybridized carbons (Fsp3) is 0.188. The lowest BCUT2D eigenvalue weighted by Gasteiger charge is -2.25. The molecule has 19 heavy (non-hydrogen) atoms. The Labute approximate surface area is 116 Å². The maximum absolute atomic E-state index is 4.83. The van der Waals surface area contributed by atoms with Crippen LogP contribution < -0.4 is 5.32 Å². The summed E-state index contributed by atoms with van der Waals surface area (Å²) in [5.41, 5.74) is 3.77. The zero-order chi connectivity index (χ0) is 12.7. The Balaban J connectivity index is 1.85. The number of nitrogens with zero attached hydrogens (tertiary/aromatic N) is 1. The molecule has 0 spiro atoms. The van der Waals surface area contributed by atoms with Crippen LogP contribution in [0.15, 0.2) is 48.5 Å². The van der Waals surface area contributed by atoms with Gasteiger partial charge in [-0.05, 0) is 30.2 Å². The zero-order valence-corrected chi connectivity index (χ0v) is 11.3. The maximum Gasteiger partial charge on any atom is 0.101 e. The van der Waals surface area contributed by atoms with E-state index in [1.165, 1.54) is 21.0 Å². The first-order chi connectivity index (χ1) is 9.42. The molecule has 2 nitrogen and oxygen atoms in total. The Bertz CT molecular complexity index is 699. The molecule has 4 rings (SSSR count). The number of anilines is 1. The predicted molar refractivity (Wildman–Crippen MR) is 81.0 cm³/mol. The van der Waals surface area contributed by atoms with Crippen molar-refractivity contribution >= 4 is 27.2 Å². The summed E-state index contributed by atoms with van der Waals surface area (Å²) in [7, 11) is 0. The van der Waals surface area contributed by atoms with Crippen molar-refractivity contribution in [2.75, 3.05) is 11.9 Å². The van der Waals surface area contributed by atoms with Gasteiger partial charge in [0.25, 0.3) is 0 Å². The van der Waals surface area contributed by atoms with Crippen LogP contribution in [0.2, 0.25) is 0 Å². The second-order valence-electron chi connectivity index (χ2n) is 4.88. The van der Waals surface area contributed by atoms with Gasteiger partial charge in [0, 0.05) is 18.2 Å². The molecule has 3 heteroatoms. The van der Waals surface area contributed by atoms with Gasteiger partial charge in [-0.2, -0.15) is 0 Å². The van der Waals surface area contributed by atoms with E-state index >= 15 is 0 Å². The van der Waals surface area contributed by atoms with Gasteiger partial charge < -0.3 is 5.32 Å². The third-order valence-corrected chi connectivity index (χ3v) is 4.84. The van der Waals surface area contributed by atoms with Gasteiger partial charge in [0.05, 0.1) is 10.2 Å². The van der Waals surface area contributed by atoms with E-state index in [4.69, 9.17) is 4.98 Å². The SMILES string of the molecule is c1ccc2c(c1)NCCC2c1nc2ccccc2s1. The van der Waals surface area contributed by atoms with Gasteiger partial charge in [0.2, 0.25) is 0 Å². The van der Waals surface area contributed by atoms with Crippen molar-refractivity contribution < 1.29 is 0 Å². The molecular formula is C16H14N2S. The van der Waals surface area contributed by atoms with Crippen molar-refractivity contribution in [1.29, 1.82) is 0 Å². The summed E-state index contributed by atoms with van der Waals surface area (Å²) in [4.78, 5) is 4.83. The Morgan fingerprint density at radius 1 is 1.05 bits per heavy atom. The molecule has 0 amide bonds. The standard InChI is InChI=1S/C16H14N2S/c1-2-6-13-11(5-1)12(9-10-17-13)16-18-14-7-3-4-8-15(14)19-16/h1-8,12,17H,9-10H2. The third-order valence-electron chi connectivity index (χ3n) is 3.69. The minimum atomic E-state index is 0.440. The van der Waals surface area contributed by atoms with Crippen LogP contribution in [-0.4, -0.2) is 11.5 Å². The molecule has 1 N–H and O–H groups in total. The second kappa shape index (κ2) is 4.35. The molecule has 0 fully saturated rings. The number of thiazole rings is 1. The Morgan fingerprint density at radius 3 is 2.84 bits per heavy atom. The highest BCUT2D eigenvalue weighted by atomic mass is 32.1. The topological polar surface area (TPSA) is 24.9 Å². The monoisotopic (exact) mass is 266 g/mol. The number of rotatable bonds is 1. The summed E-state index contributed by atoms with van der Waals surface area (Å²) in [6.45, 7) is 1.03. The molecule has 1 aromatic heterocycles. The number of fused-ring (bicyclic) bond motifs is 2. The number of nitrogens with one attached hydrogen (secondary N) is 1. The van der Waals surface area contributed by atoms with Crippen LogP contribution in [0.3, 0.4) is 0 Å². The van der Waals surface area contributed by atoms with E-state index in [0.717, 1.165) is 18.5 Å². The molecule has 0 bridgehead atoms. The average Bonchev–Trinajstić information content (AvgIpc) is 2.90. The molecule has 2 aromatic carbocycles. The second-order valence-corrected chi connectivity index (χ2v) is 5.94. The summed E-state index contributed by atoms with van der Waals surface area (Å²) in [6.07, 6.45) is 1.12. The van der Waals surface area contributed by atoms with Crippen LogP contribution in [0.5, 0.6) is 0 Å². The molecule has 0 aliphatic carbocycles. The molecular weight excluding hydrogens is 252 g/mol. The largest absolute Gasteiger partial charge is 0.385 e. The quantitative estimate of drug-likeness (QED) is 0.712. The van der Waals surface area contributed by atoms with Crippen molar-refractivity contribution in [3.63, 3.8) is 0 Å². The predicted octanol–water partition coefficient (Wildman–Crippen LogP) is 4.24. The zero-order valence-electron chi connectivity index (χ0n) is 10.5. The maximum atomic E-state index is 4.83. The summed E-state index contributed by atoms with van der Waals surface area (Å²) >= 11 is 1.83. The Hall–Kier alpha value is -1.87. The van der Waals surface area contributed by atoms with Crippen LogP contribution in [0, 0.1) is 0 Å². The van der Waals surface area contributed by atoms with Crippen LogP contribution >= 0.6 is 11.3 Å². The molecule has 1 unspecified atom stereocenters. The highest BCUT2D eigenvalue weighted by Gasteiger charge is 2.23. The molecule has 3 aromatic rings. The van der Waals surface area contributed by atoms with Crippen LogP contribution in [0.25, 0.3) is 10.2 Å². The van der Waals surface area contributed by atoms with Crippen molar-refractivity contribution in [1.82, 2.24) is 4.98 Å². The van der Waals surface area contributed by atoms with E-state index < -0.39 is 0 Å². The fourth-order valence-corrected chi connectivity index (χ4v) is 3.89. The third kappa shape index (κ3) is 1.81. The van der Waals surface area contributed by atoms with Crippen molar-refractivity contribution in [2.45, 2.75) is 12.3 Å². The number of aromatic nitrogens is 1. The summed E-state index contributed by atoms with van der Waals surface area (Å²) in [5, 5.41) is 4.72. The molecule has 94 valence electrons. The van der Waals surface area contributed by atoms with Crippen molar-refractivity contribution in [3.05, 3.63) is 59.1 Å². The molecule has 1 atom stereocenters. The highest BCUT2D eigenvalue weighted by molar-refractivity contribution is 7.18. The van der Waals surface area contributed by atoms with E-state index in [9.17, 15) is 0 Å². The smallest absolute Gasteiger partial charge is 0.101 e. The van der Waals surface area contributed by atoms with E-state index in [2.05, 4.69) is 53.8 Å². The van der Waals surface area contributed by atoms with Crippen LogP contribution in [0.1, 0.15) is 22.9 Å². The first-order valence-corrected chi connectivity index (χ1v) is 7.42. The van der Waals surface area contributed by atoms with E-state index in [1.807, 2.05) is 11.3 Å². The lowest BCUT2D eigenvalue weighted by atomic mass is 9.91. The highest BCUT2D eigenvalue weighted by Crippen LogP contribution is 2.39. The molecule has 0 saturated heterocycles. The minimum absolute atomic E-state index is 0.440. The van der Waals surface area contributed by atoms with Gasteiger partial charge in [-0.15, -0.1) is 11.3 Å². The van der Waals surface area contributed by atoms with E-state index in [1.54, 1.807) is 0 Å². The molecule has 0 saturated carbocycles. The van der Waals surface area contributed by atoms with Crippen LogP contribution in [-0.2, 0) is 0 Å². The number of hydrogen-bond donors (Lipinski definition) is 1. The van der Waals surface area contributed by atoms with Crippen molar-refractivity contribution in [3.8, 4) is 0 Å². The first kappa shape index (κ1) is 11.0. The number of hydrogen-bond acceptors (Lipinski definition) is 3. The fourth-order valence-electron chi connectivity index (χ4n) is 2.76. The van der Waals surface area contributed by atoms with Gasteiger partial charge >= 0.3 is 0 Å². The summed E-state index contributed by atoms with van der Waals surface area (Å²) < 4.78 is 1.29. The van der Waals surface area contributed by atoms with Crippen molar-refractivity contribution in [2.24, 2.45) is 0 Å². The first-order valence-electron chi connectivity index (χ1n) is 6.60. The summed E-state index contributed by atoms with van der Waals surface area (Å²) in [6, 6.07) is 17.0. The number of benzene rings is 2. The van der Waals surface area contributed by atoms with Gasteiger partial charge in [0.1, 0.15) is 5.01 Å². The van der Waals surface area contributed by atoms with Gasteiger partial charge in [-0.1, -0.05) is 30.3 Å². The normalized spacial score (nSPS) is 18.0. The molecule has 1 aliphatic heterocycles. The lowest BCUT2D eigenvalue weighted by Crippen LogP contribution is -2.17. The number of para-hydroxylation sites is 2. The van der Waals surface area contributed by atoms with Gasteiger partial charge in [0.15, 0.2) is 0 Å². The molecule has 1 aliphatic rings. The summed E-state index contributed by atoms with van der Waals surface area (Å²) in [5.74, 6) is 0.440. The Kier molecular flexibility index (Phi) is 2.52. The van der Waals surface area contributed by atoms with Gasteiger partial charge in [-0.25, -0.2) is 4.98 Å². The molecule has 0 radical (unpaired) electrons. The average molecular weight is 266 g/mol. The van der Waals surface area contributed by atoms with Crippen LogP contribution in [0.4, 0.5) is 5.69 Å². The Morgan fingerprint density at radius 2 is 1.89 bits per heavy atom.